The van der Waals surface area contributed by atoms with E-state index in [1.807, 2.05) is 0 Å². The van der Waals surface area contributed by atoms with Crippen molar-refractivity contribution in [3.8, 4) is 22.9 Å². The van der Waals surface area contributed by atoms with E-state index in [-0.39, 0.29) is 23.1 Å². The number of nitrogens with two attached hydrogens (primary N) is 1. The Morgan fingerprint density at radius 1 is 1.03 bits per heavy atom. The number of nitrogens with one attached hydrogen (secondary N) is 1. The number of halogens is 1. The van der Waals surface area contributed by atoms with Gasteiger partial charge in [0.05, 0.1) is 6.04 Å². The molecule has 7 nitrogen and oxygen atoms in total. The van der Waals surface area contributed by atoms with Gasteiger partial charge in [-0.05, 0) is 62.4 Å². The van der Waals surface area contributed by atoms with Crippen LogP contribution < -0.4 is 15.8 Å². The molecule has 1 amide bonds. The van der Waals surface area contributed by atoms with Crippen LogP contribution in [0, 0.1) is 5.82 Å². The van der Waals surface area contributed by atoms with Crippen LogP contribution in [0.4, 0.5) is 10.2 Å². The fourth-order valence-corrected chi connectivity index (χ4v) is 2.41. The highest BCUT2D eigenvalue weighted by atomic mass is 19.1. The maximum absolute atomic E-state index is 13.0. The van der Waals surface area contributed by atoms with Crippen molar-refractivity contribution in [3.05, 3.63) is 66.1 Å². The Hall–Kier alpha value is -3.81. The lowest BCUT2D eigenvalue weighted by atomic mass is 10.2. The van der Waals surface area contributed by atoms with E-state index in [0.717, 1.165) is 0 Å². The van der Waals surface area contributed by atoms with E-state index < -0.39 is 11.9 Å². The molecule has 0 fully saturated rings. The van der Waals surface area contributed by atoms with Crippen molar-refractivity contribution < 1.29 is 18.7 Å². The molecule has 8 heteroatoms. The molecule has 0 radical (unpaired) electrons. The van der Waals surface area contributed by atoms with Crippen molar-refractivity contribution in [3.63, 3.8) is 0 Å². The lowest BCUT2D eigenvalue weighted by Gasteiger charge is -2.13. The number of anilines is 1. The minimum atomic E-state index is -0.705. The van der Waals surface area contributed by atoms with Gasteiger partial charge in [-0.25, -0.2) is 14.4 Å². The number of carbonyl (C=O) groups is 2. The number of Topliss-reactive ketones (excluding diaryl/α,β-unsaturated/α-hetero) is 1. The third kappa shape index (κ3) is 5.13. The summed E-state index contributed by atoms with van der Waals surface area (Å²) in [6.45, 7) is 3.14. The fraction of sp³-hybridized carbons (Fsp3) is 0.143. The molecule has 0 saturated heterocycles. The average molecular weight is 394 g/mol. The lowest BCUT2D eigenvalue weighted by Crippen LogP contribution is -2.25. The van der Waals surface area contributed by atoms with Crippen molar-refractivity contribution in [1.82, 2.24) is 9.97 Å². The predicted octanol–water partition coefficient (Wildman–Crippen LogP) is 3.56. The second kappa shape index (κ2) is 8.47. The van der Waals surface area contributed by atoms with Gasteiger partial charge < -0.3 is 15.8 Å². The van der Waals surface area contributed by atoms with Crippen molar-refractivity contribution in [2.75, 3.05) is 5.32 Å². The zero-order valence-corrected chi connectivity index (χ0v) is 15.8. The summed E-state index contributed by atoms with van der Waals surface area (Å²) in [5, 5.41) is 2.93. The standard InChI is InChI=1S/C21H19FN4O3/c1-12(13(2)27)24-19-11-18(20(23)28)25-21(26-19)14-3-7-16(8-4-14)29-17-9-5-15(22)6-10-17/h3-12H,1-2H3,(H2,23,28)(H,24,25,26)/t12-/m1/s1. The molecular weight excluding hydrogens is 375 g/mol. The Bertz CT molecular complexity index is 1040. The van der Waals surface area contributed by atoms with Crippen molar-refractivity contribution >= 4 is 17.5 Å². The Balaban J connectivity index is 1.86. The van der Waals surface area contributed by atoms with Gasteiger partial charge in [0.25, 0.3) is 5.91 Å². The molecule has 148 valence electrons. The molecule has 0 aliphatic heterocycles. The summed E-state index contributed by atoms with van der Waals surface area (Å²) in [5.74, 6) is 0.496. The number of hydrogen-bond donors (Lipinski definition) is 2. The zero-order valence-electron chi connectivity index (χ0n) is 15.8. The highest BCUT2D eigenvalue weighted by Gasteiger charge is 2.14. The van der Waals surface area contributed by atoms with Gasteiger partial charge in [-0.2, -0.15) is 0 Å². The molecule has 0 unspecified atom stereocenters. The molecule has 0 bridgehead atoms. The van der Waals surface area contributed by atoms with E-state index in [1.165, 1.54) is 37.3 Å². The largest absolute Gasteiger partial charge is 0.457 e. The monoisotopic (exact) mass is 394 g/mol. The molecule has 1 atom stereocenters. The van der Waals surface area contributed by atoms with E-state index in [2.05, 4.69) is 15.3 Å². The number of benzene rings is 2. The number of hydrogen-bond acceptors (Lipinski definition) is 6. The summed E-state index contributed by atoms with van der Waals surface area (Å²) in [6.07, 6.45) is 0. The molecular formula is C21H19FN4O3. The predicted molar refractivity (Wildman–Crippen MR) is 106 cm³/mol. The summed E-state index contributed by atoms with van der Waals surface area (Å²) in [4.78, 5) is 31.7. The molecule has 2 aromatic carbocycles. The molecule has 1 aromatic heterocycles. The molecule has 3 N–H and O–H groups in total. The quantitative estimate of drug-likeness (QED) is 0.634. The van der Waals surface area contributed by atoms with Gasteiger partial charge in [-0.3, -0.25) is 9.59 Å². The summed E-state index contributed by atoms with van der Waals surface area (Å²) in [7, 11) is 0. The number of primary amides is 1. The third-order valence-electron chi connectivity index (χ3n) is 4.11. The van der Waals surface area contributed by atoms with Crippen LogP contribution in [-0.4, -0.2) is 27.7 Å². The number of ether oxygens (including phenoxy) is 1. The number of carbonyl (C=O) groups excluding carboxylic acids is 2. The molecule has 0 spiro atoms. The van der Waals surface area contributed by atoms with Gasteiger partial charge >= 0.3 is 0 Å². The summed E-state index contributed by atoms with van der Waals surface area (Å²) >= 11 is 0. The van der Waals surface area contributed by atoms with Crippen LogP contribution in [0.5, 0.6) is 11.5 Å². The minimum Gasteiger partial charge on any atom is -0.457 e. The fourth-order valence-electron chi connectivity index (χ4n) is 2.41. The maximum Gasteiger partial charge on any atom is 0.267 e. The van der Waals surface area contributed by atoms with Crippen molar-refractivity contribution in [1.29, 1.82) is 0 Å². The molecule has 29 heavy (non-hydrogen) atoms. The van der Waals surface area contributed by atoms with Gasteiger partial charge in [-0.1, -0.05) is 0 Å². The number of nitrogens with zero attached hydrogens (tertiary/aromatic N) is 2. The van der Waals surface area contributed by atoms with E-state index in [4.69, 9.17) is 10.5 Å². The SMILES string of the molecule is CC(=O)[C@@H](C)Nc1cc(C(N)=O)nc(-c2ccc(Oc3ccc(F)cc3)cc2)n1. The first kappa shape index (κ1) is 19.9. The van der Waals surface area contributed by atoms with Gasteiger partial charge in [0, 0.05) is 11.6 Å². The Morgan fingerprint density at radius 2 is 1.62 bits per heavy atom. The average Bonchev–Trinajstić information content (AvgIpc) is 2.70. The third-order valence-corrected chi connectivity index (χ3v) is 4.11. The number of amides is 1. The highest BCUT2D eigenvalue weighted by molar-refractivity contribution is 5.92. The molecule has 3 aromatic rings. The van der Waals surface area contributed by atoms with Gasteiger partial charge in [-0.15, -0.1) is 0 Å². The first-order valence-electron chi connectivity index (χ1n) is 8.81. The summed E-state index contributed by atoms with van der Waals surface area (Å²) < 4.78 is 18.6. The van der Waals surface area contributed by atoms with Crippen molar-refractivity contribution in [2.45, 2.75) is 19.9 Å². The number of ketones is 1. The van der Waals surface area contributed by atoms with Crippen LogP contribution in [0.15, 0.2) is 54.6 Å². The van der Waals surface area contributed by atoms with Gasteiger partial charge in [0.1, 0.15) is 28.8 Å². The molecule has 3 rings (SSSR count). The highest BCUT2D eigenvalue weighted by Crippen LogP contribution is 2.25. The Morgan fingerprint density at radius 3 is 2.17 bits per heavy atom. The van der Waals surface area contributed by atoms with Crippen LogP contribution in [0.1, 0.15) is 24.3 Å². The molecule has 0 saturated carbocycles. The second-order valence-electron chi connectivity index (χ2n) is 6.38. The molecule has 1 heterocycles. The first-order valence-corrected chi connectivity index (χ1v) is 8.81. The maximum atomic E-state index is 13.0. The van der Waals surface area contributed by atoms with E-state index in [9.17, 15) is 14.0 Å². The van der Waals surface area contributed by atoms with Crippen LogP contribution >= 0.6 is 0 Å². The molecule has 0 aliphatic rings. The van der Waals surface area contributed by atoms with Gasteiger partial charge in [0.2, 0.25) is 0 Å². The lowest BCUT2D eigenvalue weighted by molar-refractivity contribution is -0.117. The van der Waals surface area contributed by atoms with Crippen LogP contribution in [0.2, 0.25) is 0 Å². The number of rotatable bonds is 7. The summed E-state index contributed by atoms with van der Waals surface area (Å²) in [6, 6.07) is 13.4. The Kier molecular flexibility index (Phi) is 5.82. The Labute approximate surface area is 166 Å². The zero-order chi connectivity index (χ0) is 21.0. The van der Waals surface area contributed by atoms with Gasteiger partial charge in [0.15, 0.2) is 11.6 Å². The van der Waals surface area contributed by atoms with Crippen LogP contribution in [0.3, 0.4) is 0 Å². The number of aromatic nitrogens is 2. The van der Waals surface area contributed by atoms with E-state index in [0.29, 0.717) is 22.9 Å². The second-order valence-corrected chi connectivity index (χ2v) is 6.38. The van der Waals surface area contributed by atoms with Crippen molar-refractivity contribution in [2.24, 2.45) is 5.73 Å². The first-order chi connectivity index (χ1) is 13.8. The smallest absolute Gasteiger partial charge is 0.267 e. The van der Waals surface area contributed by atoms with E-state index in [1.54, 1.807) is 31.2 Å². The van der Waals surface area contributed by atoms with E-state index >= 15 is 0 Å². The normalized spacial score (nSPS) is 11.6. The summed E-state index contributed by atoms with van der Waals surface area (Å²) in [5.41, 5.74) is 6.02. The minimum absolute atomic E-state index is 0.0277. The molecule has 0 aliphatic carbocycles. The topological polar surface area (TPSA) is 107 Å². The van der Waals surface area contributed by atoms with Crippen LogP contribution in [0.25, 0.3) is 11.4 Å². The van der Waals surface area contributed by atoms with Crippen LogP contribution in [-0.2, 0) is 4.79 Å².